The van der Waals surface area contributed by atoms with Crippen molar-refractivity contribution in [3.63, 3.8) is 0 Å². The van der Waals surface area contributed by atoms with Crippen LogP contribution in [0.4, 0.5) is 19.0 Å². The number of benzene rings is 1. The van der Waals surface area contributed by atoms with Crippen LogP contribution in [0, 0.1) is 17.2 Å². The van der Waals surface area contributed by atoms with Crippen molar-refractivity contribution in [2.45, 2.75) is 31.9 Å². The van der Waals surface area contributed by atoms with Crippen LogP contribution in [0.5, 0.6) is 0 Å². The first-order valence-corrected chi connectivity index (χ1v) is 8.12. The average Bonchev–Trinajstić information content (AvgIpc) is 3.01. The molecule has 2 aromatic rings. The van der Waals surface area contributed by atoms with Crippen molar-refractivity contribution in [2.24, 2.45) is 10.9 Å². The fourth-order valence-electron chi connectivity index (χ4n) is 3.16. The molecular weight excluding hydrogens is 353 g/mol. The van der Waals surface area contributed by atoms with Crippen LogP contribution in [0.25, 0.3) is 0 Å². The fraction of sp³-hybridized carbons (Fsp3) is 0.353. The molecule has 1 aromatic heterocycles. The van der Waals surface area contributed by atoms with E-state index in [0.29, 0.717) is 23.5 Å². The van der Waals surface area contributed by atoms with Gasteiger partial charge in [-0.05, 0) is 18.1 Å². The van der Waals surface area contributed by atoms with E-state index in [1.807, 2.05) is 6.92 Å². The Labute approximate surface area is 147 Å². The van der Waals surface area contributed by atoms with Gasteiger partial charge >= 0.3 is 6.18 Å². The molecule has 0 amide bonds. The maximum atomic E-state index is 13.2. The molecule has 130 valence electrons. The van der Waals surface area contributed by atoms with Crippen LogP contribution in [0.2, 0.25) is 5.02 Å². The lowest BCUT2D eigenvalue weighted by atomic mass is 9.76. The minimum Gasteiger partial charge on any atom is -0.261 e. The van der Waals surface area contributed by atoms with Gasteiger partial charge in [0.15, 0.2) is 5.82 Å². The SMILES string of the molecule is CCCC1=Nc2[nH]ncc2C(c2cccc(C(F)(F)F)c2Cl)C1C#N. The molecule has 8 heteroatoms. The van der Waals surface area contributed by atoms with E-state index in [1.54, 1.807) is 0 Å². The number of fused-ring (bicyclic) bond motifs is 1. The summed E-state index contributed by atoms with van der Waals surface area (Å²) in [4.78, 5) is 4.43. The molecule has 4 nitrogen and oxygen atoms in total. The van der Waals surface area contributed by atoms with Crippen LogP contribution in [0.3, 0.4) is 0 Å². The number of nitriles is 1. The van der Waals surface area contributed by atoms with Crippen LogP contribution >= 0.6 is 11.6 Å². The quantitative estimate of drug-likeness (QED) is 0.807. The van der Waals surface area contributed by atoms with Gasteiger partial charge in [-0.15, -0.1) is 0 Å². The molecule has 1 aliphatic heterocycles. The summed E-state index contributed by atoms with van der Waals surface area (Å²) in [5, 5.41) is 16.0. The van der Waals surface area contributed by atoms with Crippen molar-refractivity contribution in [2.75, 3.05) is 0 Å². The lowest BCUT2D eigenvalue weighted by Gasteiger charge is -2.28. The summed E-state index contributed by atoms with van der Waals surface area (Å²) in [6, 6.07) is 5.96. The minimum absolute atomic E-state index is 0.259. The maximum absolute atomic E-state index is 13.2. The highest BCUT2D eigenvalue weighted by Crippen LogP contribution is 2.46. The van der Waals surface area contributed by atoms with Gasteiger partial charge in [-0.25, -0.2) is 4.99 Å². The number of rotatable bonds is 3. The topological polar surface area (TPSA) is 64.8 Å². The molecular formula is C17H14ClF3N4. The Morgan fingerprint density at radius 1 is 1.32 bits per heavy atom. The largest absolute Gasteiger partial charge is 0.417 e. The van der Waals surface area contributed by atoms with Gasteiger partial charge in [0.1, 0.15) is 0 Å². The molecule has 3 rings (SSSR count). The number of aliphatic imine (C=N–C) groups is 1. The molecule has 0 saturated heterocycles. The van der Waals surface area contributed by atoms with Crippen LogP contribution in [0.1, 0.15) is 42.4 Å². The molecule has 0 fully saturated rings. The van der Waals surface area contributed by atoms with Gasteiger partial charge in [-0.1, -0.05) is 37.1 Å². The Morgan fingerprint density at radius 2 is 2.08 bits per heavy atom. The van der Waals surface area contributed by atoms with E-state index in [9.17, 15) is 18.4 Å². The monoisotopic (exact) mass is 366 g/mol. The van der Waals surface area contributed by atoms with Crippen molar-refractivity contribution in [3.8, 4) is 6.07 Å². The second kappa shape index (κ2) is 6.52. The van der Waals surface area contributed by atoms with Crippen molar-refractivity contribution in [1.82, 2.24) is 10.2 Å². The van der Waals surface area contributed by atoms with Crippen molar-refractivity contribution < 1.29 is 13.2 Å². The van der Waals surface area contributed by atoms with E-state index >= 15 is 0 Å². The van der Waals surface area contributed by atoms with Crippen LogP contribution < -0.4 is 0 Å². The minimum atomic E-state index is -4.57. The molecule has 2 heterocycles. The zero-order valence-corrected chi connectivity index (χ0v) is 14.0. The van der Waals surface area contributed by atoms with E-state index < -0.39 is 23.6 Å². The zero-order valence-electron chi connectivity index (χ0n) is 13.2. The Kier molecular flexibility index (Phi) is 4.56. The van der Waals surface area contributed by atoms with E-state index in [4.69, 9.17) is 11.6 Å². The maximum Gasteiger partial charge on any atom is 0.417 e. The smallest absolute Gasteiger partial charge is 0.261 e. The van der Waals surface area contributed by atoms with E-state index in [0.717, 1.165) is 12.5 Å². The third-order valence-electron chi connectivity index (χ3n) is 4.24. The van der Waals surface area contributed by atoms with Gasteiger partial charge in [0.2, 0.25) is 0 Å². The van der Waals surface area contributed by atoms with Crippen LogP contribution in [-0.2, 0) is 6.18 Å². The lowest BCUT2D eigenvalue weighted by molar-refractivity contribution is -0.137. The van der Waals surface area contributed by atoms with E-state index in [-0.39, 0.29) is 10.6 Å². The first kappa shape index (κ1) is 17.5. The number of H-pyrrole nitrogens is 1. The number of hydrogen-bond donors (Lipinski definition) is 1. The predicted octanol–water partition coefficient (Wildman–Crippen LogP) is 5.24. The zero-order chi connectivity index (χ0) is 18.2. The van der Waals surface area contributed by atoms with E-state index in [2.05, 4.69) is 21.3 Å². The summed E-state index contributed by atoms with van der Waals surface area (Å²) in [6.45, 7) is 1.95. The van der Waals surface area contributed by atoms with Crippen molar-refractivity contribution in [1.29, 1.82) is 5.26 Å². The van der Waals surface area contributed by atoms with Gasteiger partial charge in [-0.3, -0.25) is 5.10 Å². The molecule has 0 radical (unpaired) electrons. The van der Waals surface area contributed by atoms with Gasteiger partial charge in [0.05, 0.1) is 28.8 Å². The van der Waals surface area contributed by atoms with Gasteiger partial charge in [0.25, 0.3) is 0 Å². The number of nitrogens with one attached hydrogen (secondary N) is 1. The highest BCUT2D eigenvalue weighted by Gasteiger charge is 2.40. The number of halogens is 4. The first-order valence-electron chi connectivity index (χ1n) is 7.74. The second-order valence-corrected chi connectivity index (χ2v) is 6.20. The average molecular weight is 367 g/mol. The van der Waals surface area contributed by atoms with Crippen LogP contribution in [0.15, 0.2) is 29.4 Å². The molecule has 1 aliphatic rings. The molecule has 1 N–H and O–H groups in total. The molecule has 1 aromatic carbocycles. The highest BCUT2D eigenvalue weighted by atomic mass is 35.5. The summed E-state index contributed by atoms with van der Waals surface area (Å²) >= 11 is 6.11. The molecule has 0 bridgehead atoms. The third kappa shape index (κ3) is 3.02. The van der Waals surface area contributed by atoms with Gasteiger partial charge in [-0.2, -0.15) is 23.5 Å². The molecule has 25 heavy (non-hydrogen) atoms. The van der Waals surface area contributed by atoms with Crippen LogP contribution in [-0.4, -0.2) is 15.9 Å². The number of hydrogen-bond acceptors (Lipinski definition) is 3. The van der Waals surface area contributed by atoms with Gasteiger partial charge in [0, 0.05) is 17.2 Å². The normalized spacial score (nSPS) is 19.9. The summed E-state index contributed by atoms with van der Waals surface area (Å²) in [7, 11) is 0. The predicted molar refractivity (Wildman–Crippen MR) is 88.0 cm³/mol. The first-order chi connectivity index (χ1) is 11.9. The second-order valence-electron chi connectivity index (χ2n) is 5.82. The Balaban J connectivity index is 2.20. The van der Waals surface area contributed by atoms with Gasteiger partial charge < -0.3 is 0 Å². The Morgan fingerprint density at radius 3 is 2.72 bits per heavy atom. The lowest BCUT2D eigenvalue weighted by Crippen LogP contribution is -2.25. The Bertz CT molecular complexity index is 864. The molecule has 2 atom stereocenters. The van der Waals surface area contributed by atoms with Crippen molar-refractivity contribution in [3.05, 3.63) is 46.1 Å². The summed E-state index contributed by atoms with van der Waals surface area (Å²) in [5.74, 6) is -0.868. The molecule has 2 unspecified atom stereocenters. The van der Waals surface area contributed by atoms with Crippen molar-refractivity contribution >= 4 is 23.1 Å². The highest BCUT2D eigenvalue weighted by molar-refractivity contribution is 6.32. The standard InChI is InChI=1S/C17H14ClF3N4/c1-2-4-13-10(7-22)14(11-8-23-25-16(11)24-13)9-5-3-6-12(15(9)18)17(19,20)21/h3,5-6,8,10,14H,2,4H2,1H3,(H,23,25). The third-order valence-corrected chi connectivity index (χ3v) is 4.67. The number of nitrogens with zero attached hydrogens (tertiary/aromatic N) is 3. The molecule has 0 saturated carbocycles. The summed E-state index contributed by atoms with van der Waals surface area (Å²) in [6.07, 6.45) is -1.73. The van der Waals surface area contributed by atoms with E-state index in [1.165, 1.54) is 18.3 Å². The Hall–Kier alpha value is -2.33. The molecule has 0 aliphatic carbocycles. The summed E-state index contributed by atoms with van der Waals surface area (Å²) in [5.41, 5.74) is 0.551. The number of aromatic amines is 1. The summed E-state index contributed by atoms with van der Waals surface area (Å²) < 4.78 is 39.6. The number of alkyl halides is 3. The fourth-order valence-corrected chi connectivity index (χ4v) is 3.51. The number of aromatic nitrogens is 2. The molecule has 0 spiro atoms.